The minimum absolute atomic E-state index is 0.0445. The lowest BCUT2D eigenvalue weighted by Gasteiger charge is -2.11. The maximum atomic E-state index is 12.2. The highest BCUT2D eigenvalue weighted by molar-refractivity contribution is 6.00. The maximum Gasteiger partial charge on any atom is 0.226 e. The van der Waals surface area contributed by atoms with E-state index in [2.05, 4.69) is 18.2 Å². The van der Waals surface area contributed by atoms with E-state index in [1.807, 2.05) is 41.1 Å². The number of nitrogens with zero attached hydrogens (tertiary/aromatic N) is 2. The van der Waals surface area contributed by atoms with Gasteiger partial charge in [0, 0.05) is 31.2 Å². The quantitative estimate of drug-likeness (QED) is 0.678. The molecule has 0 radical (unpaired) electrons. The normalized spacial score (nSPS) is 10.8. The van der Waals surface area contributed by atoms with Gasteiger partial charge in [0.05, 0.1) is 13.0 Å². The monoisotopic (exact) mass is 320 g/mol. The number of benzene rings is 2. The van der Waals surface area contributed by atoms with Gasteiger partial charge >= 0.3 is 0 Å². The third kappa shape index (κ3) is 2.95. The van der Waals surface area contributed by atoms with E-state index in [1.165, 1.54) is 0 Å². The number of carbonyl (C=O) groups is 2. The van der Waals surface area contributed by atoms with Gasteiger partial charge in [0.25, 0.3) is 0 Å². The van der Waals surface area contributed by atoms with Gasteiger partial charge in [-0.15, -0.1) is 0 Å². The summed E-state index contributed by atoms with van der Waals surface area (Å²) in [4.78, 5) is 24.8. The summed E-state index contributed by atoms with van der Waals surface area (Å²) in [6, 6.07) is 16.2. The average molecular weight is 320 g/mol. The number of hydrogen-bond donors (Lipinski definition) is 0. The van der Waals surface area contributed by atoms with Gasteiger partial charge in [-0.2, -0.15) is 0 Å². The van der Waals surface area contributed by atoms with Crippen molar-refractivity contribution in [1.29, 1.82) is 0 Å². The van der Waals surface area contributed by atoms with Crippen LogP contribution < -0.4 is 0 Å². The van der Waals surface area contributed by atoms with E-state index in [-0.39, 0.29) is 12.5 Å². The number of rotatable bonds is 5. The minimum Gasteiger partial charge on any atom is -0.349 e. The fourth-order valence-electron chi connectivity index (χ4n) is 2.98. The summed E-state index contributed by atoms with van der Waals surface area (Å²) in [6.07, 6.45) is 3.12. The smallest absolute Gasteiger partial charge is 0.226 e. The van der Waals surface area contributed by atoms with Crippen molar-refractivity contribution in [3.63, 3.8) is 0 Å². The Kier molecular flexibility index (Phi) is 4.47. The third-order valence-electron chi connectivity index (χ3n) is 4.18. The summed E-state index contributed by atoms with van der Waals surface area (Å²) < 4.78 is 1.91. The molecule has 0 spiro atoms. The van der Waals surface area contributed by atoms with Crippen molar-refractivity contribution < 1.29 is 9.59 Å². The Balaban J connectivity index is 2.22. The number of likely N-dealkylation sites (N-methyl/N-ethyl adjacent to an activating group) is 1. The van der Waals surface area contributed by atoms with E-state index in [9.17, 15) is 9.59 Å². The summed E-state index contributed by atoms with van der Waals surface area (Å²) in [5.74, 6) is 0.0445. The number of amides is 1. The first-order valence-electron chi connectivity index (χ1n) is 7.91. The van der Waals surface area contributed by atoms with Crippen molar-refractivity contribution in [2.75, 3.05) is 14.1 Å². The molecule has 0 atom stereocenters. The highest BCUT2D eigenvalue weighted by Crippen LogP contribution is 2.33. The van der Waals surface area contributed by atoms with Crippen molar-refractivity contribution in [2.24, 2.45) is 0 Å². The minimum atomic E-state index is 0.0445. The van der Waals surface area contributed by atoms with Gasteiger partial charge in [0.2, 0.25) is 5.91 Å². The first-order chi connectivity index (χ1) is 11.6. The Hall–Kier alpha value is -2.88. The van der Waals surface area contributed by atoms with Gasteiger partial charge in [0.1, 0.15) is 6.29 Å². The first kappa shape index (κ1) is 16.0. The second-order valence-electron chi connectivity index (χ2n) is 6.00. The molecule has 1 aromatic heterocycles. The van der Waals surface area contributed by atoms with E-state index < -0.39 is 0 Å². The molecular formula is C20H20N2O2. The zero-order chi connectivity index (χ0) is 17.1. The molecule has 122 valence electrons. The van der Waals surface area contributed by atoms with Crippen LogP contribution >= 0.6 is 0 Å². The molecule has 0 aliphatic rings. The number of hydrogen-bond acceptors (Lipinski definition) is 2. The summed E-state index contributed by atoms with van der Waals surface area (Å²) in [5.41, 5.74) is 4.11. The summed E-state index contributed by atoms with van der Waals surface area (Å²) in [6.45, 7) is 0.283. The molecule has 0 N–H and O–H groups in total. The summed E-state index contributed by atoms with van der Waals surface area (Å²) in [7, 11) is 3.51. The highest BCUT2D eigenvalue weighted by Gasteiger charge is 2.16. The fraction of sp³-hybridized carbons (Fsp3) is 0.200. The van der Waals surface area contributed by atoms with Crippen LogP contribution in [0.15, 0.2) is 54.7 Å². The van der Waals surface area contributed by atoms with E-state index in [4.69, 9.17) is 0 Å². The molecule has 0 aliphatic heterocycles. The standard InChI is InChI=1S/C20H20N2O2/c1-21(2)19(24)13-16-14-22(11-12-23)18-10-6-9-17(20(16)18)15-7-4-3-5-8-15/h3-10,12,14H,11,13H2,1-2H3. The van der Waals surface area contributed by atoms with Crippen LogP contribution in [0, 0.1) is 0 Å². The lowest BCUT2D eigenvalue weighted by molar-refractivity contribution is -0.127. The Morgan fingerprint density at radius 3 is 2.50 bits per heavy atom. The second-order valence-corrected chi connectivity index (χ2v) is 6.00. The van der Waals surface area contributed by atoms with Crippen LogP contribution in [0.25, 0.3) is 22.0 Å². The van der Waals surface area contributed by atoms with Crippen LogP contribution in [0.5, 0.6) is 0 Å². The molecular weight excluding hydrogens is 300 g/mol. The summed E-state index contributed by atoms with van der Waals surface area (Å²) >= 11 is 0. The van der Waals surface area contributed by atoms with E-state index >= 15 is 0 Å². The van der Waals surface area contributed by atoms with E-state index in [0.717, 1.165) is 33.9 Å². The number of carbonyl (C=O) groups excluding carboxylic acids is 2. The number of aldehydes is 1. The highest BCUT2D eigenvalue weighted by atomic mass is 16.2. The van der Waals surface area contributed by atoms with Gasteiger partial charge in [-0.1, -0.05) is 42.5 Å². The number of aromatic nitrogens is 1. The van der Waals surface area contributed by atoms with Crippen LogP contribution in [0.2, 0.25) is 0 Å². The average Bonchev–Trinajstić information content (AvgIpc) is 2.94. The van der Waals surface area contributed by atoms with Crippen LogP contribution in [0.1, 0.15) is 5.56 Å². The molecule has 3 aromatic rings. The molecule has 0 saturated carbocycles. The van der Waals surface area contributed by atoms with Crippen molar-refractivity contribution in [1.82, 2.24) is 9.47 Å². The zero-order valence-electron chi connectivity index (χ0n) is 13.9. The molecule has 4 heteroatoms. The fourth-order valence-corrected chi connectivity index (χ4v) is 2.98. The second kappa shape index (κ2) is 6.71. The van der Waals surface area contributed by atoms with Gasteiger partial charge in [-0.25, -0.2) is 0 Å². The molecule has 24 heavy (non-hydrogen) atoms. The van der Waals surface area contributed by atoms with Crippen LogP contribution in [0.4, 0.5) is 0 Å². The van der Waals surface area contributed by atoms with Gasteiger partial charge in [-0.3, -0.25) is 4.79 Å². The Bertz CT molecular complexity index is 879. The molecule has 0 fully saturated rings. The molecule has 3 rings (SSSR count). The Morgan fingerprint density at radius 2 is 1.83 bits per heavy atom. The molecule has 0 unspecified atom stereocenters. The van der Waals surface area contributed by atoms with Gasteiger partial charge in [0.15, 0.2) is 0 Å². The molecule has 1 heterocycles. The Labute approximate surface area is 141 Å². The molecule has 2 aromatic carbocycles. The number of fused-ring (bicyclic) bond motifs is 1. The largest absolute Gasteiger partial charge is 0.349 e. The van der Waals surface area contributed by atoms with Crippen molar-refractivity contribution >= 4 is 23.1 Å². The van der Waals surface area contributed by atoms with Crippen molar-refractivity contribution in [3.05, 3.63) is 60.3 Å². The van der Waals surface area contributed by atoms with E-state index in [0.29, 0.717) is 6.42 Å². The van der Waals surface area contributed by atoms with Crippen molar-refractivity contribution in [2.45, 2.75) is 13.0 Å². The van der Waals surface area contributed by atoms with Gasteiger partial charge < -0.3 is 14.3 Å². The Morgan fingerprint density at radius 1 is 1.08 bits per heavy atom. The molecule has 0 saturated heterocycles. The predicted octanol–water partition coefficient (Wildman–Crippen LogP) is 3.14. The maximum absolute atomic E-state index is 12.2. The van der Waals surface area contributed by atoms with Gasteiger partial charge in [-0.05, 0) is 22.8 Å². The van der Waals surface area contributed by atoms with Crippen LogP contribution in [-0.4, -0.2) is 35.8 Å². The third-order valence-corrected chi connectivity index (χ3v) is 4.18. The lowest BCUT2D eigenvalue weighted by atomic mass is 9.98. The first-order valence-corrected chi connectivity index (χ1v) is 7.91. The topological polar surface area (TPSA) is 42.3 Å². The molecule has 0 bridgehead atoms. The SMILES string of the molecule is CN(C)C(=O)Cc1cn(CC=O)c2cccc(-c3ccccc3)c12. The summed E-state index contributed by atoms with van der Waals surface area (Å²) in [5, 5.41) is 1.04. The molecule has 1 amide bonds. The lowest BCUT2D eigenvalue weighted by Crippen LogP contribution is -2.23. The zero-order valence-corrected chi connectivity index (χ0v) is 13.9. The molecule has 4 nitrogen and oxygen atoms in total. The molecule has 0 aliphatic carbocycles. The van der Waals surface area contributed by atoms with E-state index in [1.54, 1.807) is 19.0 Å². The predicted molar refractivity (Wildman–Crippen MR) is 95.8 cm³/mol. The van der Waals surface area contributed by atoms with Crippen LogP contribution in [0.3, 0.4) is 0 Å². The van der Waals surface area contributed by atoms with Crippen molar-refractivity contribution in [3.8, 4) is 11.1 Å². The van der Waals surface area contributed by atoms with Crippen LogP contribution in [-0.2, 0) is 22.6 Å².